The van der Waals surface area contributed by atoms with Crippen LogP contribution in [0.4, 0.5) is 0 Å². The van der Waals surface area contributed by atoms with Crippen LogP contribution >= 0.6 is 0 Å². The first-order valence-corrected chi connectivity index (χ1v) is 9.37. The van der Waals surface area contributed by atoms with Gasteiger partial charge in [-0.2, -0.15) is 0 Å². The van der Waals surface area contributed by atoms with Gasteiger partial charge in [0, 0.05) is 30.0 Å². The molecule has 1 heterocycles. The second-order valence-corrected chi connectivity index (χ2v) is 7.01. The van der Waals surface area contributed by atoms with E-state index in [0.717, 1.165) is 30.8 Å². The first kappa shape index (κ1) is 17.4. The maximum atomic E-state index is 13.1. The molecule has 1 aliphatic rings. The molecular formula is C23H24N2O2. The Bertz CT molecular complexity index is 896. The van der Waals surface area contributed by atoms with E-state index in [1.165, 1.54) is 5.56 Å². The van der Waals surface area contributed by atoms with E-state index >= 15 is 0 Å². The summed E-state index contributed by atoms with van der Waals surface area (Å²) in [5, 5.41) is 0. The van der Waals surface area contributed by atoms with Crippen LogP contribution in [-0.2, 0) is 13.1 Å². The molecule has 3 aromatic rings. The molecule has 138 valence electrons. The van der Waals surface area contributed by atoms with Crippen LogP contribution in [0.2, 0.25) is 0 Å². The third-order valence-electron chi connectivity index (χ3n) is 5.04. The third-order valence-corrected chi connectivity index (χ3v) is 5.04. The Balaban J connectivity index is 1.52. The molecule has 0 N–H and O–H groups in total. The summed E-state index contributed by atoms with van der Waals surface area (Å²) in [6.07, 6.45) is 4.26. The molecule has 0 unspecified atom stereocenters. The molecule has 1 saturated carbocycles. The Morgan fingerprint density at radius 3 is 2.44 bits per heavy atom. The Morgan fingerprint density at radius 2 is 1.78 bits per heavy atom. The highest BCUT2D eigenvalue weighted by Gasteiger charge is 2.33. The quantitative estimate of drug-likeness (QED) is 0.628. The minimum absolute atomic E-state index is 0.0904. The lowest BCUT2D eigenvalue weighted by Gasteiger charge is -2.23. The molecule has 4 rings (SSSR count). The van der Waals surface area contributed by atoms with Gasteiger partial charge in [0.1, 0.15) is 5.75 Å². The molecule has 0 spiro atoms. The number of carbonyl (C=O) groups is 1. The monoisotopic (exact) mass is 360 g/mol. The van der Waals surface area contributed by atoms with Crippen LogP contribution < -0.4 is 4.74 Å². The van der Waals surface area contributed by atoms with Gasteiger partial charge in [0.25, 0.3) is 5.91 Å². The van der Waals surface area contributed by atoms with Crippen molar-refractivity contribution in [3.8, 4) is 5.75 Å². The van der Waals surface area contributed by atoms with Gasteiger partial charge < -0.3 is 14.2 Å². The van der Waals surface area contributed by atoms with Crippen LogP contribution in [0, 0.1) is 0 Å². The smallest absolute Gasteiger partial charge is 0.254 e. The molecule has 0 bridgehead atoms. The van der Waals surface area contributed by atoms with Crippen molar-refractivity contribution < 1.29 is 9.53 Å². The summed E-state index contributed by atoms with van der Waals surface area (Å²) >= 11 is 0. The molecule has 4 nitrogen and oxygen atoms in total. The van der Waals surface area contributed by atoms with Crippen molar-refractivity contribution in [2.24, 2.45) is 0 Å². The van der Waals surface area contributed by atoms with Gasteiger partial charge in [0.15, 0.2) is 0 Å². The Kier molecular flexibility index (Phi) is 4.97. The summed E-state index contributed by atoms with van der Waals surface area (Å²) in [4.78, 5) is 15.1. The summed E-state index contributed by atoms with van der Waals surface area (Å²) in [7, 11) is 1.63. The second-order valence-electron chi connectivity index (χ2n) is 7.01. The van der Waals surface area contributed by atoms with Crippen molar-refractivity contribution in [1.29, 1.82) is 0 Å². The standard InChI is InChI=1S/C23H24N2O2/c1-27-22-13-9-19(10-14-22)23(26)25(20-11-12-20)17-21-8-5-15-24(21)16-18-6-3-2-4-7-18/h2-10,13-15,20H,11-12,16-17H2,1H3. The van der Waals surface area contributed by atoms with Gasteiger partial charge in [-0.1, -0.05) is 30.3 Å². The number of amides is 1. The lowest BCUT2D eigenvalue weighted by atomic mass is 10.1. The number of hydrogen-bond donors (Lipinski definition) is 0. The van der Waals surface area contributed by atoms with Crippen LogP contribution in [0.15, 0.2) is 72.9 Å². The zero-order chi connectivity index (χ0) is 18.6. The highest BCUT2D eigenvalue weighted by Crippen LogP contribution is 2.30. The summed E-state index contributed by atoms with van der Waals surface area (Å²) in [6.45, 7) is 1.45. The SMILES string of the molecule is COc1ccc(C(=O)N(Cc2cccn2Cc2ccccc2)C2CC2)cc1. The minimum Gasteiger partial charge on any atom is -0.497 e. The Morgan fingerprint density at radius 1 is 1.04 bits per heavy atom. The van der Waals surface area contributed by atoms with E-state index in [2.05, 4.69) is 47.2 Å². The predicted octanol–water partition coefficient (Wildman–Crippen LogP) is 4.35. The number of hydrogen-bond acceptors (Lipinski definition) is 2. The summed E-state index contributed by atoms with van der Waals surface area (Å²) < 4.78 is 7.43. The molecule has 4 heteroatoms. The van der Waals surface area contributed by atoms with Crippen molar-refractivity contribution in [3.05, 3.63) is 89.7 Å². The van der Waals surface area contributed by atoms with E-state index < -0.39 is 0 Å². The van der Waals surface area contributed by atoms with Crippen molar-refractivity contribution in [1.82, 2.24) is 9.47 Å². The van der Waals surface area contributed by atoms with Gasteiger partial charge in [0.05, 0.1) is 13.7 Å². The maximum absolute atomic E-state index is 13.1. The van der Waals surface area contributed by atoms with E-state index in [1.54, 1.807) is 7.11 Å². The zero-order valence-electron chi connectivity index (χ0n) is 15.5. The van der Waals surface area contributed by atoms with Crippen molar-refractivity contribution in [2.45, 2.75) is 32.0 Å². The lowest BCUT2D eigenvalue weighted by molar-refractivity contribution is 0.0726. The average molecular weight is 360 g/mol. The number of methoxy groups -OCH3 is 1. The van der Waals surface area contributed by atoms with E-state index in [4.69, 9.17) is 4.74 Å². The molecule has 1 amide bonds. The molecule has 1 fully saturated rings. The second kappa shape index (κ2) is 7.70. The summed E-state index contributed by atoms with van der Waals surface area (Å²) in [5.74, 6) is 0.855. The van der Waals surface area contributed by atoms with Gasteiger partial charge in [-0.15, -0.1) is 0 Å². The first-order chi connectivity index (χ1) is 13.2. The fourth-order valence-electron chi connectivity index (χ4n) is 3.35. The largest absolute Gasteiger partial charge is 0.497 e. The normalized spacial score (nSPS) is 13.4. The zero-order valence-corrected chi connectivity index (χ0v) is 15.5. The molecule has 2 aromatic carbocycles. The number of nitrogens with zero attached hydrogens (tertiary/aromatic N) is 2. The van der Waals surface area contributed by atoms with Crippen LogP contribution in [-0.4, -0.2) is 28.5 Å². The molecule has 0 radical (unpaired) electrons. The molecule has 1 aromatic heterocycles. The van der Waals surface area contributed by atoms with E-state index in [-0.39, 0.29) is 5.91 Å². The fraction of sp³-hybridized carbons (Fsp3) is 0.261. The van der Waals surface area contributed by atoms with Crippen molar-refractivity contribution >= 4 is 5.91 Å². The minimum atomic E-state index is 0.0904. The van der Waals surface area contributed by atoms with E-state index in [9.17, 15) is 4.79 Å². The number of rotatable bonds is 7. The number of benzene rings is 2. The molecule has 1 aliphatic carbocycles. The van der Waals surface area contributed by atoms with Crippen molar-refractivity contribution in [2.75, 3.05) is 7.11 Å². The maximum Gasteiger partial charge on any atom is 0.254 e. The van der Waals surface area contributed by atoms with Gasteiger partial charge in [-0.3, -0.25) is 4.79 Å². The average Bonchev–Trinajstić information content (AvgIpc) is 3.47. The van der Waals surface area contributed by atoms with E-state index in [0.29, 0.717) is 18.2 Å². The first-order valence-electron chi connectivity index (χ1n) is 9.37. The highest BCUT2D eigenvalue weighted by atomic mass is 16.5. The number of carbonyl (C=O) groups excluding carboxylic acids is 1. The van der Waals surface area contributed by atoms with Gasteiger partial charge in [0.2, 0.25) is 0 Å². The lowest BCUT2D eigenvalue weighted by Crippen LogP contribution is -2.33. The number of aromatic nitrogens is 1. The van der Waals surface area contributed by atoms with Crippen LogP contribution in [0.3, 0.4) is 0 Å². The topological polar surface area (TPSA) is 34.5 Å². The van der Waals surface area contributed by atoms with Crippen molar-refractivity contribution in [3.63, 3.8) is 0 Å². The van der Waals surface area contributed by atoms with Crippen LogP contribution in [0.25, 0.3) is 0 Å². The van der Waals surface area contributed by atoms with Crippen LogP contribution in [0.5, 0.6) is 5.75 Å². The molecule has 0 aliphatic heterocycles. The Hall–Kier alpha value is -3.01. The van der Waals surface area contributed by atoms with Gasteiger partial charge >= 0.3 is 0 Å². The molecular weight excluding hydrogens is 336 g/mol. The van der Waals surface area contributed by atoms with E-state index in [1.807, 2.05) is 35.2 Å². The molecule has 0 atom stereocenters. The predicted molar refractivity (Wildman–Crippen MR) is 106 cm³/mol. The molecule has 0 saturated heterocycles. The van der Waals surface area contributed by atoms with Gasteiger partial charge in [-0.05, 0) is 54.8 Å². The Labute approximate surface area is 160 Å². The fourth-order valence-corrected chi connectivity index (χ4v) is 3.35. The molecule has 27 heavy (non-hydrogen) atoms. The summed E-state index contributed by atoms with van der Waals surface area (Å²) in [6, 6.07) is 22.3. The van der Waals surface area contributed by atoms with Gasteiger partial charge in [-0.25, -0.2) is 0 Å². The third kappa shape index (κ3) is 4.05. The van der Waals surface area contributed by atoms with Crippen LogP contribution in [0.1, 0.15) is 34.5 Å². The number of ether oxygens (including phenoxy) is 1. The highest BCUT2D eigenvalue weighted by molar-refractivity contribution is 5.94. The summed E-state index contributed by atoms with van der Waals surface area (Å²) in [5.41, 5.74) is 3.13.